The first-order valence-electron chi connectivity index (χ1n) is 7.07. The number of ketones is 1. The molecule has 0 aromatic carbocycles. The van der Waals surface area contributed by atoms with Crippen molar-refractivity contribution in [1.82, 2.24) is 15.3 Å². The van der Waals surface area contributed by atoms with Crippen molar-refractivity contribution in [3.05, 3.63) is 36.1 Å². The highest BCUT2D eigenvalue weighted by Gasteiger charge is 2.35. The molecule has 3 rings (SSSR count). The minimum atomic E-state index is -0.905. The van der Waals surface area contributed by atoms with Crippen LogP contribution in [0.5, 0.6) is 0 Å². The van der Waals surface area contributed by atoms with E-state index in [-0.39, 0.29) is 24.7 Å². The van der Waals surface area contributed by atoms with E-state index >= 15 is 0 Å². The molecule has 0 bridgehead atoms. The number of nitrogens with one attached hydrogen (secondary N) is 2. The van der Waals surface area contributed by atoms with Crippen molar-refractivity contribution in [2.75, 3.05) is 18.2 Å². The number of allylic oxidation sites excluding steroid dienone is 2. The number of hydrogen-bond donors (Lipinski definition) is 3. The van der Waals surface area contributed by atoms with Gasteiger partial charge in [0.25, 0.3) is 0 Å². The molecule has 0 fully saturated rings. The predicted molar refractivity (Wildman–Crippen MR) is 86.4 cm³/mol. The Labute approximate surface area is 137 Å². The number of fused-ring (bicyclic) bond motifs is 1. The molecule has 23 heavy (non-hydrogen) atoms. The van der Waals surface area contributed by atoms with Crippen LogP contribution in [-0.2, 0) is 4.79 Å². The third kappa shape index (κ3) is 2.99. The fraction of sp³-hybridized carbons (Fsp3) is 0.333. The molecule has 3 N–H and O–H groups in total. The number of carbonyl (C=O) groups excluding carboxylic acids is 2. The molecule has 0 radical (unpaired) electrons. The van der Waals surface area contributed by atoms with Gasteiger partial charge in [0.1, 0.15) is 17.4 Å². The van der Waals surface area contributed by atoms with Crippen LogP contribution in [0, 0.1) is 0 Å². The van der Waals surface area contributed by atoms with Crippen molar-refractivity contribution in [3.8, 4) is 0 Å². The minimum absolute atomic E-state index is 0.0236. The molecule has 8 heteroatoms. The standard InChI is InChI=1S/C15H16N4O3S/c1-23-14-16-7-9-11(21)6-10(17-12(9)18-14)13(22)19-15(8-20)4-2-3-5-15/h2-5,7,10,20H,6,8H2,1H3,(H,19,22)(H,16,17,18). The Morgan fingerprint density at radius 2 is 2.26 bits per heavy atom. The second kappa shape index (κ2) is 6.13. The third-order valence-corrected chi connectivity index (χ3v) is 4.34. The second-order valence-electron chi connectivity index (χ2n) is 5.35. The zero-order valence-corrected chi connectivity index (χ0v) is 13.3. The second-order valence-corrected chi connectivity index (χ2v) is 6.12. The molecular formula is C15H16N4O3S. The fourth-order valence-electron chi connectivity index (χ4n) is 2.50. The molecule has 1 aromatic heterocycles. The number of amides is 1. The highest BCUT2D eigenvalue weighted by atomic mass is 32.2. The van der Waals surface area contributed by atoms with Gasteiger partial charge in [0.05, 0.1) is 12.2 Å². The van der Waals surface area contributed by atoms with E-state index in [1.165, 1.54) is 18.0 Å². The van der Waals surface area contributed by atoms with Crippen LogP contribution in [0.4, 0.5) is 5.82 Å². The van der Waals surface area contributed by atoms with E-state index in [0.29, 0.717) is 16.5 Å². The first kappa shape index (κ1) is 15.7. The van der Waals surface area contributed by atoms with E-state index in [9.17, 15) is 14.7 Å². The smallest absolute Gasteiger partial charge is 0.244 e. The van der Waals surface area contributed by atoms with Crippen molar-refractivity contribution in [1.29, 1.82) is 0 Å². The van der Waals surface area contributed by atoms with E-state index in [2.05, 4.69) is 20.6 Å². The van der Waals surface area contributed by atoms with Gasteiger partial charge in [0.2, 0.25) is 5.91 Å². The monoisotopic (exact) mass is 332 g/mol. The van der Waals surface area contributed by atoms with Gasteiger partial charge in [-0.2, -0.15) is 0 Å². The average molecular weight is 332 g/mol. The Balaban J connectivity index is 1.79. The first-order chi connectivity index (χ1) is 11.1. The van der Waals surface area contributed by atoms with Gasteiger partial charge in [0, 0.05) is 12.6 Å². The highest BCUT2D eigenvalue weighted by Crippen LogP contribution is 2.25. The van der Waals surface area contributed by atoms with Gasteiger partial charge in [0.15, 0.2) is 10.9 Å². The lowest BCUT2D eigenvalue weighted by Gasteiger charge is -2.29. The van der Waals surface area contributed by atoms with Gasteiger partial charge in [-0.25, -0.2) is 9.97 Å². The van der Waals surface area contributed by atoms with Crippen LogP contribution in [0.25, 0.3) is 0 Å². The van der Waals surface area contributed by atoms with Crippen molar-refractivity contribution in [2.45, 2.75) is 23.2 Å². The summed E-state index contributed by atoms with van der Waals surface area (Å²) in [7, 11) is 0. The summed E-state index contributed by atoms with van der Waals surface area (Å²) in [5, 5.41) is 15.8. The number of nitrogens with zero attached hydrogens (tertiary/aromatic N) is 2. The van der Waals surface area contributed by atoms with Gasteiger partial charge in [-0.1, -0.05) is 36.1 Å². The third-order valence-electron chi connectivity index (χ3n) is 3.78. The number of rotatable bonds is 4. The Hall–Kier alpha value is -2.19. The van der Waals surface area contributed by atoms with Crippen LogP contribution < -0.4 is 10.6 Å². The average Bonchev–Trinajstić information content (AvgIpc) is 3.03. The lowest BCUT2D eigenvalue weighted by atomic mass is 9.97. The first-order valence-corrected chi connectivity index (χ1v) is 8.30. The molecular weight excluding hydrogens is 316 g/mol. The number of aliphatic hydroxyl groups excluding tert-OH is 1. The van der Waals surface area contributed by atoms with E-state index in [4.69, 9.17) is 0 Å². The summed E-state index contributed by atoms with van der Waals surface area (Å²) in [6.07, 6.45) is 10.3. The molecule has 1 atom stereocenters. The Bertz CT molecular complexity index is 705. The van der Waals surface area contributed by atoms with Gasteiger partial charge >= 0.3 is 0 Å². The normalized spacial score (nSPS) is 21.0. The van der Waals surface area contributed by atoms with Crippen LogP contribution in [0.15, 0.2) is 35.7 Å². The minimum Gasteiger partial charge on any atom is -0.393 e. The number of thioether (sulfide) groups is 1. The van der Waals surface area contributed by atoms with Crippen LogP contribution in [0.2, 0.25) is 0 Å². The summed E-state index contributed by atoms with van der Waals surface area (Å²) in [4.78, 5) is 33.0. The van der Waals surface area contributed by atoms with Crippen molar-refractivity contribution < 1.29 is 14.7 Å². The maximum Gasteiger partial charge on any atom is 0.244 e. The molecule has 1 amide bonds. The number of aromatic nitrogens is 2. The number of carbonyl (C=O) groups is 2. The maximum atomic E-state index is 12.5. The summed E-state index contributed by atoms with van der Waals surface area (Å²) in [5.74, 6) is -0.169. The molecule has 2 aliphatic rings. The lowest BCUT2D eigenvalue weighted by molar-refractivity contribution is -0.123. The molecule has 7 nitrogen and oxygen atoms in total. The van der Waals surface area contributed by atoms with Gasteiger partial charge in [-0.3, -0.25) is 9.59 Å². The summed E-state index contributed by atoms with van der Waals surface area (Å²) in [5.41, 5.74) is -0.512. The van der Waals surface area contributed by atoms with Crippen LogP contribution in [0.3, 0.4) is 0 Å². The topological polar surface area (TPSA) is 104 Å². The molecule has 1 unspecified atom stereocenters. The molecule has 1 aliphatic heterocycles. The SMILES string of the molecule is CSc1ncc2c(n1)NC(C(=O)NC1(CO)C=CC=C1)CC2=O. The van der Waals surface area contributed by atoms with Crippen molar-refractivity contribution in [2.24, 2.45) is 0 Å². The summed E-state index contributed by atoms with van der Waals surface area (Å²) in [6, 6.07) is -0.731. The Morgan fingerprint density at radius 1 is 1.52 bits per heavy atom. The number of Topliss-reactive ketones (excluding diaryl/α,β-unsaturated/α-hetero) is 1. The number of hydrogen-bond acceptors (Lipinski definition) is 7. The largest absolute Gasteiger partial charge is 0.393 e. The van der Waals surface area contributed by atoms with Crippen LogP contribution >= 0.6 is 11.8 Å². The van der Waals surface area contributed by atoms with Gasteiger partial charge in [-0.15, -0.1) is 0 Å². The van der Waals surface area contributed by atoms with E-state index < -0.39 is 11.6 Å². The quantitative estimate of drug-likeness (QED) is 0.546. The van der Waals surface area contributed by atoms with Crippen LogP contribution in [0.1, 0.15) is 16.8 Å². The molecule has 120 valence electrons. The molecule has 0 spiro atoms. The van der Waals surface area contributed by atoms with Crippen LogP contribution in [-0.4, -0.2) is 51.2 Å². The molecule has 2 heterocycles. The predicted octanol–water partition coefficient (Wildman–Crippen LogP) is 0.539. The van der Waals surface area contributed by atoms with E-state index in [1.54, 1.807) is 24.3 Å². The van der Waals surface area contributed by atoms with Gasteiger partial charge < -0.3 is 15.7 Å². The van der Waals surface area contributed by atoms with Crippen molar-refractivity contribution >= 4 is 29.3 Å². The maximum absolute atomic E-state index is 12.5. The Morgan fingerprint density at radius 3 is 2.91 bits per heavy atom. The number of aliphatic hydroxyl groups is 1. The lowest BCUT2D eigenvalue weighted by Crippen LogP contribution is -2.54. The summed E-state index contributed by atoms with van der Waals surface area (Å²) in [6.45, 7) is -0.248. The molecule has 1 aromatic rings. The zero-order chi connectivity index (χ0) is 16.4. The van der Waals surface area contributed by atoms with Gasteiger partial charge in [-0.05, 0) is 6.26 Å². The fourth-order valence-corrected chi connectivity index (χ4v) is 2.84. The van der Waals surface area contributed by atoms with E-state index in [0.717, 1.165) is 0 Å². The highest BCUT2D eigenvalue weighted by molar-refractivity contribution is 7.98. The summed E-state index contributed by atoms with van der Waals surface area (Å²) >= 11 is 1.36. The van der Waals surface area contributed by atoms with Crippen molar-refractivity contribution in [3.63, 3.8) is 0 Å². The Kier molecular flexibility index (Phi) is 4.18. The molecule has 0 saturated heterocycles. The van der Waals surface area contributed by atoms with E-state index in [1.807, 2.05) is 6.26 Å². The summed E-state index contributed by atoms with van der Waals surface area (Å²) < 4.78 is 0. The number of anilines is 1. The zero-order valence-electron chi connectivity index (χ0n) is 12.4. The molecule has 1 aliphatic carbocycles. The molecule has 0 saturated carbocycles.